The van der Waals surface area contributed by atoms with Crippen molar-refractivity contribution in [2.24, 2.45) is 5.92 Å². The summed E-state index contributed by atoms with van der Waals surface area (Å²) in [6.07, 6.45) is 4.83. The first-order valence-electron chi connectivity index (χ1n) is 6.57. The van der Waals surface area contributed by atoms with Crippen molar-refractivity contribution in [3.05, 3.63) is 0 Å². The van der Waals surface area contributed by atoms with E-state index in [9.17, 15) is 9.59 Å². The molecule has 2 fully saturated rings. The van der Waals surface area contributed by atoms with Crippen molar-refractivity contribution in [1.29, 1.82) is 0 Å². The Hall–Kier alpha value is -1.06. The van der Waals surface area contributed by atoms with E-state index in [4.69, 9.17) is 0 Å². The SMILES string of the molecule is CC(C)C1C(=O)NC2(CCCCC2)C(=O)N1C. The van der Waals surface area contributed by atoms with E-state index in [0.29, 0.717) is 0 Å². The monoisotopic (exact) mass is 238 g/mol. The number of rotatable bonds is 1. The molecule has 1 saturated heterocycles. The zero-order valence-corrected chi connectivity index (χ0v) is 11.0. The lowest BCUT2D eigenvalue weighted by molar-refractivity contribution is -0.156. The van der Waals surface area contributed by atoms with Gasteiger partial charge in [0.2, 0.25) is 11.8 Å². The predicted octanol–water partition coefficient (Wildman–Crippen LogP) is 1.30. The van der Waals surface area contributed by atoms with Gasteiger partial charge in [-0.15, -0.1) is 0 Å². The molecule has 1 aliphatic heterocycles. The molecular weight excluding hydrogens is 216 g/mol. The van der Waals surface area contributed by atoms with Gasteiger partial charge in [-0.05, 0) is 18.8 Å². The highest BCUT2D eigenvalue weighted by Crippen LogP contribution is 2.33. The molecule has 1 aliphatic carbocycles. The Morgan fingerprint density at radius 1 is 1.24 bits per heavy atom. The normalized spacial score (nSPS) is 28.7. The minimum atomic E-state index is -0.588. The van der Waals surface area contributed by atoms with Crippen LogP contribution < -0.4 is 5.32 Å². The highest BCUT2D eigenvalue weighted by molar-refractivity contribution is 5.99. The van der Waals surface area contributed by atoms with Gasteiger partial charge in [-0.3, -0.25) is 9.59 Å². The van der Waals surface area contributed by atoms with Gasteiger partial charge in [-0.1, -0.05) is 33.1 Å². The number of hydrogen-bond acceptors (Lipinski definition) is 2. The highest BCUT2D eigenvalue weighted by atomic mass is 16.2. The van der Waals surface area contributed by atoms with E-state index >= 15 is 0 Å². The Bertz CT molecular complexity index is 332. The molecule has 4 nitrogen and oxygen atoms in total. The average Bonchev–Trinajstić information content (AvgIpc) is 2.27. The van der Waals surface area contributed by atoms with Gasteiger partial charge < -0.3 is 10.2 Å². The Morgan fingerprint density at radius 2 is 1.82 bits per heavy atom. The number of nitrogens with one attached hydrogen (secondary N) is 1. The number of carbonyl (C=O) groups is 2. The van der Waals surface area contributed by atoms with Gasteiger partial charge in [-0.2, -0.15) is 0 Å². The van der Waals surface area contributed by atoms with Crippen LogP contribution in [-0.2, 0) is 9.59 Å². The summed E-state index contributed by atoms with van der Waals surface area (Å²) in [7, 11) is 1.77. The number of amides is 2. The van der Waals surface area contributed by atoms with Crippen molar-refractivity contribution >= 4 is 11.8 Å². The number of carbonyl (C=O) groups excluding carboxylic acids is 2. The Labute approximate surface area is 103 Å². The standard InChI is InChI=1S/C13H22N2O2/c1-9(2)10-11(16)14-13(12(17)15(10)3)7-5-4-6-8-13/h9-10H,4-8H2,1-3H3,(H,14,16). The Balaban J connectivity index is 2.25. The van der Waals surface area contributed by atoms with Crippen LogP contribution >= 0.6 is 0 Å². The van der Waals surface area contributed by atoms with E-state index in [2.05, 4.69) is 5.32 Å². The molecule has 2 rings (SSSR count). The lowest BCUT2D eigenvalue weighted by atomic mass is 9.78. The summed E-state index contributed by atoms with van der Waals surface area (Å²) in [6, 6.07) is -0.310. The fourth-order valence-corrected chi connectivity index (χ4v) is 3.25. The third-order valence-corrected chi connectivity index (χ3v) is 4.12. The number of likely N-dealkylation sites (N-methyl/N-ethyl adjacent to an activating group) is 1. The molecule has 1 saturated carbocycles. The summed E-state index contributed by atoms with van der Waals surface area (Å²) in [5.74, 6) is 0.282. The first-order chi connectivity index (χ1) is 7.98. The van der Waals surface area contributed by atoms with Crippen LogP contribution in [0.3, 0.4) is 0 Å². The smallest absolute Gasteiger partial charge is 0.248 e. The number of hydrogen-bond donors (Lipinski definition) is 1. The quantitative estimate of drug-likeness (QED) is 0.748. The van der Waals surface area contributed by atoms with Crippen LogP contribution in [0.2, 0.25) is 0 Å². The highest BCUT2D eigenvalue weighted by Gasteiger charge is 2.50. The second-order valence-corrected chi connectivity index (χ2v) is 5.74. The van der Waals surface area contributed by atoms with E-state index in [-0.39, 0.29) is 23.8 Å². The molecule has 1 atom stereocenters. The fourth-order valence-electron chi connectivity index (χ4n) is 3.25. The first-order valence-corrected chi connectivity index (χ1v) is 6.57. The third kappa shape index (κ3) is 1.94. The molecule has 1 spiro atoms. The van der Waals surface area contributed by atoms with Gasteiger partial charge >= 0.3 is 0 Å². The van der Waals surface area contributed by atoms with Crippen LogP contribution in [-0.4, -0.2) is 35.3 Å². The molecule has 0 aromatic carbocycles. The summed E-state index contributed by atoms with van der Waals surface area (Å²) in [4.78, 5) is 26.3. The zero-order valence-electron chi connectivity index (χ0n) is 11.0. The molecule has 0 aromatic heterocycles. The maximum atomic E-state index is 12.5. The second-order valence-electron chi connectivity index (χ2n) is 5.74. The van der Waals surface area contributed by atoms with E-state index in [1.54, 1.807) is 11.9 Å². The van der Waals surface area contributed by atoms with Crippen molar-refractivity contribution in [3.8, 4) is 0 Å². The van der Waals surface area contributed by atoms with Crippen LogP contribution in [0.15, 0.2) is 0 Å². The molecule has 1 N–H and O–H groups in total. The Morgan fingerprint density at radius 3 is 2.35 bits per heavy atom. The molecule has 0 aromatic rings. The molecule has 2 amide bonds. The Kier molecular flexibility index (Phi) is 3.15. The second kappa shape index (κ2) is 4.31. The largest absolute Gasteiger partial charge is 0.340 e. The molecule has 1 heterocycles. The van der Waals surface area contributed by atoms with Gasteiger partial charge in [0.1, 0.15) is 11.6 Å². The minimum absolute atomic E-state index is 0.0176. The number of nitrogens with zero attached hydrogens (tertiary/aromatic N) is 1. The molecule has 96 valence electrons. The maximum absolute atomic E-state index is 12.5. The summed E-state index contributed by atoms with van der Waals surface area (Å²) >= 11 is 0. The van der Waals surface area contributed by atoms with Crippen molar-refractivity contribution in [2.45, 2.75) is 57.5 Å². The number of piperazine rings is 1. The van der Waals surface area contributed by atoms with Gasteiger partial charge in [0.05, 0.1) is 0 Å². The molecule has 0 bridgehead atoms. The minimum Gasteiger partial charge on any atom is -0.340 e. The zero-order chi connectivity index (χ0) is 12.6. The van der Waals surface area contributed by atoms with Crippen molar-refractivity contribution in [1.82, 2.24) is 10.2 Å². The molecule has 2 aliphatic rings. The van der Waals surface area contributed by atoms with Gasteiger partial charge in [0.25, 0.3) is 0 Å². The molecule has 17 heavy (non-hydrogen) atoms. The van der Waals surface area contributed by atoms with Gasteiger partial charge in [0.15, 0.2) is 0 Å². The summed E-state index contributed by atoms with van der Waals surface area (Å²) in [6.45, 7) is 3.96. The lowest BCUT2D eigenvalue weighted by Crippen LogP contribution is -2.70. The van der Waals surface area contributed by atoms with E-state index < -0.39 is 5.54 Å². The molecule has 0 radical (unpaired) electrons. The van der Waals surface area contributed by atoms with Crippen molar-refractivity contribution in [2.75, 3.05) is 7.05 Å². The van der Waals surface area contributed by atoms with Crippen molar-refractivity contribution in [3.63, 3.8) is 0 Å². The van der Waals surface area contributed by atoms with Crippen LogP contribution in [0.25, 0.3) is 0 Å². The van der Waals surface area contributed by atoms with E-state index in [1.165, 1.54) is 6.42 Å². The topological polar surface area (TPSA) is 49.4 Å². The van der Waals surface area contributed by atoms with Crippen molar-refractivity contribution < 1.29 is 9.59 Å². The molecule has 1 unspecified atom stereocenters. The van der Waals surface area contributed by atoms with Gasteiger partial charge in [0, 0.05) is 7.05 Å². The first kappa shape index (κ1) is 12.4. The van der Waals surface area contributed by atoms with E-state index in [1.807, 2.05) is 13.8 Å². The average molecular weight is 238 g/mol. The predicted molar refractivity (Wildman–Crippen MR) is 65.4 cm³/mol. The van der Waals surface area contributed by atoms with Crippen LogP contribution in [0.1, 0.15) is 46.0 Å². The van der Waals surface area contributed by atoms with Crippen LogP contribution in [0, 0.1) is 5.92 Å². The van der Waals surface area contributed by atoms with Crippen LogP contribution in [0.5, 0.6) is 0 Å². The maximum Gasteiger partial charge on any atom is 0.248 e. The van der Waals surface area contributed by atoms with E-state index in [0.717, 1.165) is 25.7 Å². The fraction of sp³-hybridized carbons (Fsp3) is 0.846. The lowest BCUT2D eigenvalue weighted by Gasteiger charge is -2.47. The summed E-state index contributed by atoms with van der Waals surface area (Å²) in [5.41, 5.74) is -0.588. The third-order valence-electron chi connectivity index (χ3n) is 4.12. The van der Waals surface area contributed by atoms with Gasteiger partial charge in [-0.25, -0.2) is 0 Å². The van der Waals surface area contributed by atoms with Crippen LogP contribution in [0.4, 0.5) is 0 Å². The summed E-state index contributed by atoms with van der Waals surface area (Å²) < 4.78 is 0. The molecule has 4 heteroatoms. The molecular formula is C13H22N2O2. The summed E-state index contributed by atoms with van der Waals surface area (Å²) in [5, 5.41) is 3.01.